The lowest BCUT2D eigenvalue weighted by Crippen LogP contribution is -2.44. The van der Waals surface area contributed by atoms with Crippen LogP contribution in [0.15, 0.2) is 29.2 Å². The highest BCUT2D eigenvalue weighted by atomic mass is 32.2. The summed E-state index contributed by atoms with van der Waals surface area (Å²) in [7, 11) is -2.64. The van der Waals surface area contributed by atoms with E-state index in [1.807, 2.05) is 0 Å². The van der Waals surface area contributed by atoms with Crippen LogP contribution in [0.25, 0.3) is 0 Å². The number of hydrogen-bond acceptors (Lipinski definition) is 5. The number of carbonyl (C=O) groups is 2. The lowest BCUT2D eigenvalue weighted by atomic mass is 9.96. The molecule has 1 aromatic rings. The van der Waals surface area contributed by atoms with Gasteiger partial charge in [-0.05, 0) is 36.5 Å². The maximum Gasteiger partial charge on any atom is 0.322 e. The van der Waals surface area contributed by atoms with E-state index in [-0.39, 0.29) is 10.9 Å². The molecule has 2 rings (SSSR count). The second-order valence-electron chi connectivity index (χ2n) is 6.28. The van der Waals surface area contributed by atoms with Crippen molar-refractivity contribution < 1.29 is 27.9 Å². The number of ether oxygens (including phenoxy) is 1. The highest BCUT2D eigenvalue weighted by Crippen LogP contribution is 2.49. The topological polar surface area (TPSA) is 110 Å². The Labute approximate surface area is 141 Å². The molecule has 1 aliphatic rings. The SMILES string of the molecule is COC(=O)C1(c2ccc(S(=O)(=O)N[C@H](C(=O)O)C(C)C)cc2)CC1. The number of benzene rings is 1. The van der Waals surface area contributed by atoms with Crippen molar-refractivity contribution in [3.05, 3.63) is 29.8 Å². The van der Waals surface area contributed by atoms with E-state index in [4.69, 9.17) is 9.84 Å². The van der Waals surface area contributed by atoms with Gasteiger partial charge in [-0.1, -0.05) is 26.0 Å². The summed E-state index contributed by atoms with van der Waals surface area (Å²) < 4.78 is 31.7. The third-order valence-electron chi connectivity index (χ3n) is 4.26. The van der Waals surface area contributed by atoms with Crippen molar-refractivity contribution in [3.8, 4) is 0 Å². The first kappa shape index (κ1) is 18.4. The monoisotopic (exact) mass is 355 g/mol. The molecule has 24 heavy (non-hydrogen) atoms. The minimum Gasteiger partial charge on any atom is -0.480 e. The van der Waals surface area contributed by atoms with Crippen LogP contribution in [0, 0.1) is 5.92 Å². The fourth-order valence-corrected chi connectivity index (χ4v) is 3.93. The van der Waals surface area contributed by atoms with E-state index < -0.39 is 33.4 Å². The predicted octanol–water partition coefficient (Wildman–Crippen LogP) is 1.28. The summed E-state index contributed by atoms with van der Waals surface area (Å²) in [6.07, 6.45) is 1.33. The maximum absolute atomic E-state index is 12.4. The van der Waals surface area contributed by atoms with E-state index >= 15 is 0 Å². The number of carboxylic acids is 1. The van der Waals surface area contributed by atoms with Crippen LogP contribution >= 0.6 is 0 Å². The van der Waals surface area contributed by atoms with Crippen LogP contribution in [0.1, 0.15) is 32.3 Å². The Morgan fingerprint density at radius 1 is 1.21 bits per heavy atom. The van der Waals surface area contributed by atoms with Crippen molar-refractivity contribution in [2.45, 2.75) is 43.0 Å². The summed E-state index contributed by atoms with van der Waals surface area (Å²) in [4.78, 5) is 23.0. The van der Waals surface area contributed by atoms with Gasteiger partial charge < -0.3 is 9.84 Å². The molecule has 0 unspecified atom stereocenters. The molecular weight excluding hydrogens is 334 g/mol. The Kier molecular flexibility index (Phi) is 5.00. The van der Waals surface area contributed by atoms with Gasteiger partial charge in [0.2, 0.25) is 10.0 Å². The zero-order valence-corrected chi connectivity index (χ0v) is 14.6. The van der Waals surface area contributed by atoms with Crippen molar-refractivity contribution in [3.63, 3.8) is 0 Å². The van der Waals surface area contributed by atoms with E-state index in [2.05, 4.69) is 4.72 Å². The number of sulfonamides is 1. The lowest BCUT2D eigenvalue weighted by molar-refractivity contribution is -0.143. The zero-order valence-electron chi connectivity index (χ0n) is 13.8. The van der Waals surface area contributed by atoms with Crippen molar-refractivity contribution in [2.24, 2.45) is 5.92 Å². The molecule has 1 atom stereocenters. The van der Waals surface area contributed by atoms with Crippen LogP contribution in [0.2, 0.25) is 0 Å². The average molecular weight is 355 g/mol. The molecule has 0 saturated heterocycles. The van der Waals surface area contributed by atoms with Crippen LogP contribution < -0.4 is 4.72 Å². The fraction of sp³-hybridized carbons (Fsp3) is 0.500. The summed E-state index contributed by atoms with van der Waals surface area (Å²) in [5.74, 6) is -1.96. The molecule has 132 valence electrons. The highest BCUT2D eigenvalue weighted by Gasteiger charge is 2.52. The minimum absolute atomic E-state index is 0.0428. The molecule has 0 bridgehead atoms. The van der Waals surface area contributed by atoms with E-state index in [1.54, 1.807) is 26.0 Å². The van der Waals surface area contributed by atoms with Gasteiger partial charge in [-0.25, -0.2) is 8.42 Å². The zero-order chi connectivity index (χ0) is 18.1. The number of aliphatic carboxylic acids is 1. The molecule has 0 spiro atoms. The van der Waals surface area contributed by atoms with Gasteiger partial charge in [-0.2, -0.15) is 4.72 Å². The van der Waals surface area contributed by atoms with Crippen molar-refractivity contribution in [1.29, 1.82) is 0 Å². The summed E-state index contributed by atoms with van der Waals surface area (Å²) in [5.41, 5.74) is 0.0263. The van der Waals surface area contributed by atoms with E-state index in [1.165, 1.54) is 19.2 Å². The second-order valence-corrected chi connectivity index (χ2v) is 7.99. The third kappa shape index (κ3) is 3.44. The van der Waals surface area contributed by atoms with Gasteiger partial charge >= 0.3 is 11.9 Å². The Morgan fingerprint density at radius 3 is 2.12 bits per heavy atom. The summed E-state index contributed by atoms with van der Waals surface area (Å²) in [6, 6.07) is 4.69. The number of nitrogens with one attached hydrogen (secondary N) is 1. The molecular formula is C16H21NO6S. The Balaban J connectivity index is 2.24. The fourth-order valence-electron chi connectivity index (χ4n) is 2.59. The molecule has 0 aliphatic heterocycles. The number of rotatable bonds is 7. The van der Waals surface area contributed by atoms with Gasteiger partial charge in [0.1, 0.15) is 6.04 Å². The number of carboxylic acid groups (broad SMARTS) is 1. The Hall–Kier alpha value is -1.93. The van der Waals surface area contributed by atoms with Crippen LogP contribution in [-0.4, -0.2) is 38.6 Å². The predicted molar refractivity (Wildman–Crippen MR) is 86.0 cm³/mol. The molecule has 0 radical (unpaired) electrons. The Morgan fingerprint density at radius 2 is 1.75 bits per heavy atom. The summed E-state index contributed by atoms with van der Waals surface area (Å²) in [5, 5.41) is 9.12. The first-order valence-electron chi connectivity index (χ1n) is 7.58. The van der Waals surface area contributed by atoms with E-state index in [9.17, 15) is 18.0 Å². The quantitative estimate of drug-likeness (QED) is 0.713. The molecule has 0 heterocycles. The molecule has 0 aromatic heterocycles. The molecule has 7 nitrogen and oxygen atoms in total. The number of carbonyl (C=O) groups excluding carboxylic acids is 1. The van der Waals surface area contributed by atoms with Crippen LogP contribution in [0.5, 0.6) is 0 Å². The van der Waals surface area contributed by atoms with Crippen molar-refractivity contribution in [2.75, 3.05) is 7.11 Å². The summed E-state index contributed by atoms with van der Waals surface area (Å²) in [6.45, 7) is 3.25. The molecule has 1 saturated carbocycles. The lowest BCUT2D eigenvalue weighted by Gasteiger charge is -2.18. The first-order chi connectivity index (χ1) is 11.1. The van der Waals surface area contributed by atoms with Gasteiger partial charge in [0.05, 0.1) is 17.4 Å². The molecule has 8 heteroatoms. The summed E-state index contributed by atoms with van der Waals surface area (Å²) >= 11 is 0. The van der Waals surface area contributed by atoms with Gasteiger partial charge in [0, 0.05) is 0 Å². The van der Waals surface area contributed by atoms with Gasteiger partial charge in [0.15, 0.2) is 0 Å². The number of methoxy groups -OCH3 is 1. The Bertz CT molecular complexity index is 734. The number of esters is 1. The minimum atomic E-state index is -3.96. The average Bonchev–Trinajstić information content (AvgIpc) is 3.33. The van der Waals surface area contributed by atoms with Gasteiger partial charge in [0.25, 0.3) is 0 Å². The maximum atomic E-state index is 12.4. The normalized spacial score (nSPS) is 17.3. The molecule has 1 fully saturated rings. The molecule has 0 amide bonds. The van der Waals surface area contributed by atoms with Crippen LogP contribution in [0.4, 0.5) is 0 Å². The number of hydrogen-bond donors (Lipinski definition) is 2. The first-order valence-corrected chi connectivity index (χ1v) is 9.06. The molecule has 1 aliphatic carbocycles. The standard InChI is InChI=1S/C16H21NO6S/c1-10(2)13(14(18)19)17-24(21,22)12-6-4-11(5-7-12)16(8-9-16)15(20)23-3/h4-7,10,13,17H,8-9H2,1-3H3,(H,18,19)/t13-/m0/s1. The van der Waals surface area contributed by atoms with Crippen LogP contribution in [-0.2, 0) is 29.8 Å². The molecule has 2 N–H and O–H groups in total. The second kappa shape index (κ2) is 6.52. The van der Waals surface area contributed by atoms with Gasteiger partial charge in [-0.3, -0.25) is 9.59 Å². The van der Waals surface area contributed by atoms with Crippen molar-refractivity contribution >= 4 is 22.0 Å². The van der Waals surface area contributed by atoms with Crippen LogP contribution in [0.3, 0.4) is 0 Å². The highest BCUT2D eigenvalue weighted by molar-refractivity contribution is 7.89. The largest absolute Gasteiger partial charge is 0.480 e. The van der Waals surface area contributed by atoms with E-state index in [0.29, 0.717) is 18.4 Å². The van der Waals surface area contributed by atoms with Crippen molar-refractivity contribution in [1.82, 2.24) is 4.72 Å². The van der Waals surface area contributed by atoms with Gasteiger partial charge in [-0.15, -0.1) is 0 Å². The van der Waals surface area contributed by atoms with E-state index in [0.717, 1.165) is 0 Å². The smallest absolute Gasteiger partial charge is 0.322 e. The third-order valence-corrected chi connectivity index (χ3v) is 5.72. The molecule has 1 aromatic carbocycles.